The molecule has 0 aliphatic carbocycles. The third-order valence-corrected chi connectivity index (χ3v) is 3.19. The lowest BCUT2D eigenvalue weighted by Gasteiger charge is -2.07. The summed E-state index contributed by atoms with van der Waals surface area (Å²) in [5.74, 6) is 1.07. The molecule has 2 rings (SSSR count). The lowest BCUT2D eigenvalue weighted by Crippen LogP contribution is -2.04. The fourth-order valence-electron chi connectivity index (χ4n) is 1.43. The molecule has 0 spiro atoms. The predicted molar refractivity (Wildman–Crippen MR) is 65.7 cm³/mol. The van der Waals surface area contributed by atoms with Crippen LogP contribution in [0.1, 0.15) is 12.6 Å². The van der Waals surface area contributed by atoms with Crippen molar-refractivity contribution in [3.8, 4) is 11.5 Å². The SMILES string of the molecule is CCc1nc(-c2cncn2C)nc(N)c1Br. The number of nitrogens with zero attached hydrogens (tertiary/aromatic N) is 4. The molecule has 2 heterocycles. The molecule has 84 valence electrons. The number of rotatable bonds is 2. The third-order valence-electron chi connectivity index (χ3n) is 2.33. The monoisotopic (exact) mass is 281 g/mol. The summed E-state index contributed by atoms with van der Waals surface area (Å²) in [7, 11) is 1.90. The number of nitrogens with two attached hydrogens (primary N) is 1. The highest BCUT2D eigenvalue weighted by Gasteiger charge is 2.12. The van der Waals surface area contributed by atoms with E-state index in [1.165, 1.54) is 0 Å². The maximum absolute atomic E-state index is 5.83. The maximum atomic E-state index is 5.83. The van der Waals surface area contributed by atoms with Gasteiger partial charge in [-0.3, -0.25) is 0 Å². The number of anilines is 1. The zero-order valence-corrected chi connectivity index (χ0v) is 10.7. The molecule has 0 aromatic carbocycles. The summed E-state index contributed by atoms with van der Waals surface area (Å²) in [4.78, 5) is 12.7. The van der Waals surface area contributed by atoms with Crippen molar-refractivity contribution >= 4 is 21.7 Å². The van der Waals surface area contributed by atoms with Crippen LogP contribution in [0.4, 0.5) is 5.82 Å². The molecule has 2 N–H and O–H groups in total. The summed E-state index contributed by atoms with van der Waals surface area (Å²) in [5.41, 5.74) is 7.59. The Hall–Kier alpha value is -1.43. The van der Waals surface area contributed by atoms with Crippen LogP contribution < -0.4 is 5.73 Å². The largest absolute Gasteiger partial charge is 0.383 e. The third kappa shape index (κ3) is 1.80. The number of aryl methyl sites for hydroxylation is 2. The maximum Gasteiger partial charge on any atom is 0.180 e. The van der Waals surface area contributed by atoms with Crippen molar-refractivity contribution in [2.75, 3.05) is 5.73 Å². The van der Waals surface area contributed by atoms with Gasteiger partial charge in [-0.15, -0.1) is 0 Å². The fraction of sp³-hybridized carbons (Fsp3) is 0.300. The van der Waals surface area contributed by atoms with Gasteiger partial charge in [-0.05, 0) is 22.4 Å². The number of hydrogen-bond donors (Lipinski definition) is 1. The van der Waals surface area contributed by atoms with Crippen LogP contribution in [0, 0.1) is 0 Å². The van der Waals surface area contributed by atoms with Crippen molar-refractivity contribution in [1.29, 1.82) is 0 Å². The average molecular weight is 282 g/mol. The molecule has 0 unspecified atom stereocenters. The molecule has 0 saturated heterocycles. The first kappa shape index (κ1) is 11.1. The molecule has 0 saturated carbocycles. The van der Waals surface area contributed by atoms with Gasteiger partial charge in [-0.2, -0.15) is 0 Å². The minimum atomic E-state index is 0.461. The molecule has 2 aromatic heterocycles. The van der Waals surface area contributed by atoms with E-state index in [2.05, 4.69) is 30.9 Å². The molecule has 16 heavy (non-hydrogen) atoms. The van der Waals surface area contributed by atoms with Crippen LogP contribution in [-0.4, -0.2) is 19.5 Å². The molecular weight excluding hydrogens is 270 g/mol. The standard InChI is InChI=1S/C10H12BrN5/c1-3-6-8(11)9(12)15-10(14-6)7-4-13-5-16(7)2/h4-5H,3H2,1-2H3,(H2,12,14,15). The van der Waals surface area contributed by atoms with Gasteiger partial charge in [0, 0.05) is 7.05 Å². The highest BCUT2D eigenvalue weighted by atomic mass is 79.9. The zero-order valence-electron chi connectivity index (χ0n) is 9.11. The molecule has 0 radical (unpaired) electrons. The Balaban J connectivity index is 2.59. The zero-order chi connectivity index (χ0) is 11.7. The quantitative estimate of drug-likeness (QED) is 0.911. The minimum absolute atomic E-state index is 0.461. The van der Waals surface area contributed by atoms with Crippen molar-refractivity contribution in [3.05, 3.63) is 22.7 Å². The van der Waals surface area contributed by atoms with Crippen molar-refractivity contribution in [1.82, 2.24) is 19.5 Å². The summed E-state index contributed by atoms with van der Waals surface area (Å²) >= 11 is 3.38. The second-order valence-electron chi connectivity index (χ2n) is 3.44. The predicted octanol–water partition coefficient (Wildman–Crippen LogP) is 1.78. The highest BCUT2D eigenvalue weighted by molar-refractivity contribution is 9.10. The molecule has 0 amide bonds. The van der Waals surface area contributed by atoms with Crippen LogP contribution in [0.2, 0.25) is 0 Å². The van der Waals surface area contributed by atoms with Crippen LogP contribution in [0.5, 0.6) is 0 Å². The molecule has 0 bridgehead atoms. The Labute approximate surface area is 102 Å². The van der Waals surface area contributed by atoms with E-state index in [4.69, 9.17) is 5.73 Å². The smallest absolute Gasteiger partial charge is 0.180 e. The number of hydrogen-bond acceptors (Lipinski definition) is 4. The summed E-state index contributed by atoms with van der Waals surface area (Å²) in [6.07, 6.45) is 4.24. The van der Waals surface area contributed by atoms with Crippen molar-refractivity contribution in [2.45, 2.75) is 13.3 Å². The Morgan fingerprint density at radius 1 is 1.44 bits per heavy atom. The first-order valence-corrected chi connectivity index (χ1v) is 5.71. The van der Waals surface area contributed by atoms with Gasteiger partial charge in [0.05, 0.1) is 22.7 Å². The lowest BCUT2D eigenvalue weighted by molar-refractivity contribution is 0.899. The fourth-order valence-corrected chi connectivity index (χ4v) is 1.89. The lowest BCUT2D eigenvalue weighted by atomic mass is 10.3. The molecule has 0 atom stereocenters. The van der Waals surface area contributed by atoms with Gasteiger partial charge in [0.15, 0.2) is 5.82 Å². The van der Waals surface area contributed by atoms with Gasteiger partial charge < -0.3 is 10.3 Å². The molecule has 0 aliphatic heterocycles. The van der Waals surface area contributed by atoms with E-state index < -0.39 is 0 Å². The Kier molecular flexibility index (Phi) is 2.91. The highest BCUT2D eigenvalue weighted by Crippen LogP contribution is 2.24. The molecule has 0 aliphatic rings. The van der Waals surface area contributed by atoms with E-state index in [1.807, 2.05) is 18.5 Å². The first-order valence-electron chi connectivity index (χ1n) is 4.92. The van der Waals surface area contributed by atoms with Gasteiger partial charge in [-0.1, -0.05) is 6.92 Å². The van der Waals surface area contributed by atoms with Crippen LogP contribution in [0.15, 0.2) is 17.0 Å². The summed E-state index contributed by atoms with van der Waals surface area (Å²) in [6.45, 7) is 2.03. The first-order chi connectivity index (χ1) is 7.63. The topological polar surface area (TPSA) is 69.6 Å². The Morgan fingerprint density at radius 3 is 2.75 bits per heavy atom. The van der Waals surface area contributed by atoms with Crippen LogP contribution in [0.3, 0.4) is 0 Å². The summed E-state index contributed by atoms with van der Waals surface area (Å²) in [6, 6.07) is 0. The van der Waals surface area contributed by atoms with Crippen molar-refractivity contribution in [3.63, 3.8) is 0 Å². The number of aromatic nitrogens is 4. The van der Waals surface area contributed by atoms with Crippen LogP contribution >= 0.6 is 15.9 Å². The number of imidazole rings is 1. The van der Waals surface area contributed by atoms with E-state index in [0.29, 0.717) is 11.6 Å². The molecule has 2 aromatic rings. The Morgan fingerprint density at radius 2 is 2.19 bits per heavy atom. The molecule has 0 fully saturated rings. The van der Waals surface area contributed by atoms with Gasteiger partial charge in [-0.25, -0.2) is 15.0 Å². The van der Waals surface area contributed by atoms with Crippen LogP contribution in [-0.2, 0) is 13.5 Å². The average Bonchev–Trinajstić information content (AvgIpc) is 2.68. The summed E-state index contributed by atoms with van der Waals surface area (Å²) < 4.78 is 2.64. The number of nitrogen functional groups attached to an aromatic ring is 1. The van der Waals surface area contributed by atoms with E-state index in [0.717, 1.165) is 22.3 Å². The molecule has 5 nitrogen and oxygen atoms in total. The van der Waals surface area contributed by atoms with E-state index in [9.17, 15) is 0 Å². The van der Waals surface area contributed by atoms with Gasteiger partial charge in [0.25, 0.3) is 0 Å². The van der Waals surface area contributed by atoms with E-state index in [-0.39, 0.29) is 0 Å². The van der Waals surface area contributed by atoms with E-state index in [1.54, 1.807) is 12.5 Å². The number of halogens is 1. The van der Waals surface area contributed by atoms with Gasteiger partial charge in [0.2, 0.25) is 0 Å². The summed E-state index contributed by atoms with van der Waals surface area (Å²) in [5, 5.41) is 0. The molecule has 6 heteroatoms. The second kappa shape index (κ2) is 4.21. The van der Waals surface area contributed by atoms with Crippen LogP contribution in [0.25, 0.3) is 11.5 Å². The normalized spacial score (nSPS) is 10.7. The second-order valence-corrected chi connectivity index (χ2v) is 4.23. The van der Waals surface area contributed by atoms with E-state index >= 15 is 0 Å². The van der Waals surface area contributed by atoms with Gasteiger partial charge in [0.1, 0.15) is 11.5 Å². The Bertz CT molecular complexity index is 520. The van der Waals surface area contributed by atoms with Gasteiger partial charge >= 0.3 is 0 Å². The minimum Gasteiger partial charge on any atom is -0.383 e. The van der Waals surface area contributed by atoms with Crippen molar-refractivity contribution < 1.29 is 0 Å². The van der Waals surface area contributed by atoms with Crippen molar-refractivity contribution in [2.24, 2.45) is 7.05 Å². The molecular formula is C10H12BrN5.